The number of likely N-dealkylation sites (tertiary alicyclic amines) is 1. The molecule has 7 nitrogen and oxygen atoms in total. The van der Waals surface area contributed by atoms with Crippen molar-refractivity contribution < 1.29 is 23.6 Å². The van der Waals surface area contributed by atoms with Crippen molar-refractivity contribution in [1.82, 2.24) is 10.1 Å². The number of anilines is 1. The maximum Gasteiger partial charge on any atom is 0.323 e. The summed E-state index contributed by atoms with van der Waals surface area (Å²) in [5.74, 6) is -0.832. The van der Waals surface area contributed by atoms with Gasteiger partial charge in [-0.3, -0.25) is 10.1 Å². The van der Waals surface area contributed by atoms with Gasteiger partial charge in [0.05, 0.1) is 11.0 Å². The Morgan fingerprint density at radius 2 is 2.19 bits per heavy atom. The number of carbonyl (C=O) groups excluding carboxylic acids is 1. The van der Waals surface area contributed by atoms with Crippen LogP contribution in [0.3, 0.4) is 0 Å². The lowest BCUT2D eigenvalue weighted by Gasteiger charge is -2.23. The van der Waals surface area contributed by atoms with Gasteiger partial charge in [0, 0.05) is 18.7 Å². The minimum Gasteiger partial charge on any atom is -0.481 e. The number of aromatic nitrogens is 1. The first kappa shape index (κ1) is 17.5. The van der Waals surface area contributed by atoms with Crippen molar-refractivity contribution in [2.24, 2.45) is 11.3 Å². The summed E-state index contributed by atoms with van der Waals surface area (Å²) in [6.45, 7) is 2.29. The predicted molar refractivity (Wildman–Crippen MR) is 94.6 cm³/mol. The molecule has 0 spiro atoms. The molecule has 27 heavy (non-hydrogen) atoms. The quantitative estimate of drug-likeness (QED) is 0.858. The molecule has 1 aliphatic carbocycles. The first-order valence-electron chi connectivity index (χ1n) is 8.93. The van der Waals surface area contributed by atoms with Crippen LogP contribution in [-0.4, -0.2) is 40.3 Å². The second-order valence-corrected chi connectivity index (χ2v) is 7.33. The number of nitrogens with zero attached hydrogens (tertiary/aromatic N) is 2. The first-order chi connectivity index (χ1) is 12.9. The summed E-state index contributed by atoms with van der Waals surface area (Å²) in [6.07, 6.45) is 2.29. The molecule has 0 radical (unpaired) electrons. The largest absolute Gasteiger partial charge is 0.481 e. The first-order valence-corrected chi connectivity index (χ1v) is 8.93. The van der Waals surface area contributed by atoms with Gasteiger partial charge in [-0.1, -0.05) is 23.7 Å². The SMILES string of the molecule is Cc1c(NC(=O)N2C[C@@H]3CCC[C@@]3(C(=O)O)C2)noc1-c1ccccc1F. The van der Waals surface area contributed by atoms with E-state index in [1.165, 1.54) is 11.0 Å². The van der Waals surface area contributed by atoms with E-state index < -0.39 is 23.2 Å². The average molecular weight is 373 g/mol. The van der Waals surface area contributed by atoms with Gasteiger partial charge >= 0.3 is 12.0 Å². The average Bonchev–Trinajstić information content (AvgIpc) is 3.29. The number of carbonyl (C=O) groups is 2. The molecule has 1 aromatic carbocycles. The Hall–Kier alpha value is -2.90. The molecule has 0 bridgehead atoms. The number of urea groups is 1. The minimum absolute atomic E-state index is 0.0202. The van der Waals surface area contributed by atoms with Crippen molar-refractivity contribution in [2.45, 2.75) is 26.2 Å². The van der Waals surface area contributed by atoms with E-state index in [0.717, 1.165) is 12.8 Å². The van der Waals surface area contributed by atoms with Gasteiger partial charge in [-0.05, 0) is 37.8 Å². The van der Waals surface area contributed by atoms with Crippen molar-refractivity contribution in [2.75, 3.05) is 18.4 Å². The van der Waals surface area contributed by atoms with Crippen molar-refractivity contribution in [3.63, 3.8) is 0 Å². The number of benzene rings is 1. The van der Waals surface area contributed by atoms with E-state index in [9.17, 15) is 19.1 Å². The summed E-state index contributed by atoms with van der Waals surface area (Å²) in [6, 6.07) is 5.75. The number of hydrogen-bond acceptors (Lipinski definition) is 4. The van der Waals surface area contributed by atoms with Gasteiger partial charge < -0.3 is 14.5 Å². The van der Waals surface area contributed by atoms with Crippen molar-refractivity contribution >= 4 is 17.8 Å². The fraction of sp³-hybridized carbons (Fsp3) is 0.421. The van der Waals surface area contributed by atoms with Gasteiger partial charge in [-0.25, -0.2) is 9.18 Å². The molecule has 2 amide bonds. The molecule has 2 atom stereocenters. The summed E-state index contributed by atoms with van der Waals surface area (Å²) in [7, 11) is 0. The fourth-order valence-corrected chi connectivity index (χ4v) is 4.32. The lowest BCUT2D eigenvalue weighted by molar-refractivity contribution is -0.149. The molecule has 2 heterocycles. The maximum absolute atomic E-state index is 14.0. The van der Waals surface area contributed by atoms with Gasteiger partial charge in [0.25, 0.3) is 0 Å². The number of aliphatic carboxylic acids is 1. The van der Waals surface area contributed by atoms with Crippen LogP contribution in [0.2, 0.25) is 0 Å². The Morgan fingerprint density at radius 3 is 2.89 bits per heavy atom. The molecule has 142 valence electrons. The molecule has 8 heteroatoms. The molecule has 1 aromatic heterocycles. The molecule has 1 saturated heterocycles. The number of fused-ring (bicyclic) bond motifs is 1. The third-order valence-electron chi connectivity index (χ3n) is 5.85. The zero-order valence-corrected chi connectivity index (χ0v) is 14.9. The lowest BCUT2D eigenvalue weighted by atomic mass is 9.81. The molecule has 4 rings (SSSR count). The van der Waals surface area contributed by atoms with E-state index >= 15 is 0 Å². The minimum atomic E-state index is -0.839. The summed E-state index contributed by atoms with van der Waals surface area (Å²) < 4.78 is 19.2. The van der Waals surface area contributed by atoms with E-state index in [-0.39, 0.29) is 29.6 Å². The van der Waals surface area contributed by atoms with Crippen LogP contribution in [0.1, 0.15) is 24.8 Å². The summed E-state index contributed by atoms with van der Waals surface area (Å²) in [5.41, 5.74) is -0.0570. The number of rotatable bonds is 3. The van der Waals surface area contributed by atoms with Gasteiger partial charge in [0.15, 0.2) is 11.6 Å². The highest BCUT2D eigenvalue weighted by atomic mass is 19.1. The molecule has 2 fully saturated rings. The summed E-state index contributed by atoms with van der Waals surface area (Å²) in [5, 5.41) is 16.2. The highest BCUT2D eigenvalue weighted by Gasteiger charge is 2.55. The zero-order valence-electron chi connectivity index (χ0n) is 14.9. The summed E-state index contributed by atoms with van der Waals surface area (Å²) >= 11 is 0. The highest BCUT2D eigenvalue weighted by molar-refractivity contribution is 5.91. The number of carboxylic acid groups (broad SMARTS) is 1. The van der Waals surface area contributed by atoms with Crippen molar-refractivity contribution in [3.8, 4) is 11.3 Å². The van der Waals surface area contributed by atoms with Crippen LogP contribution in [0.4, 0.5) is 15.0 Å². The molecule has 2 aliphatic rings. The van der Waals surface area contributed by atoms with E-state index in [4.69, 9.17) is 4.52 Å². The van der Waals surface area contributed by atoms with Crippen LogP contribution in [0.25, 0.3) is 11.3 Å². The highest BCUT2D eigenvalue weighted by Crippen LogP contribution is 2.49. The van der Waals surface area contributed by atoms with Crippen molar-refractivity contribution in [1.29, 1.82) is 0 Å². The number of amides is 2. The van der Waals surface area contributed by atoms with Crippen LogP contribution in [0, 0.1) is 24.1 Å². The van der Waals surface area contributed by atoms with Gasteiger partial charge in [0.2, 0.25) is 0 Å². The van der Waals surface area contributed by atoms with E-state index in [0.29, 0.717) is 18.5 Å². The van der Waals surface area contributed by atoms with Crippen LogP contribution in [-0.2, 0) is 4.79 Å². The van der Waals surface area contributed by atoms with E-state index in [2.05, 4.69) is 10.5 Å². The third-order valence-corrected chi connectivity index (χ3v) is 5.85. The van der Waals surface area contributed by atoms with E-state index in [1.807, 2.05) is 0 Å². The molecular formula is C19H20FN3O4. The second kappa shape index (κ2) is 6.37. The Balaban J connectivity index is 1.52. The maximum atomic E-state index is 14.0. The van der Waals surface area contributed by atoms with Crippen LogP contribution in [0.15, 0.2) is 28.8 Å². The monoisotopic (exact) mass is 373 g/mol. The Morgan fingerprint density at radius 1 is 1.41 bits per heavy atom. The lowest BCUT2D eigenvalue weighted by Crippen LogP contribution is -2.38. The molecule has 1 aliphatic heterocycles. The third kappa shape index (κ3) is 2.75. The molecule has 1 saturated carbocycles. The standard InChI is InChI=1S/C19H20FN3O4/c1-11-15(13-6-2-3-7-14(13)20)27-22-16(11)21-18(26)23-9-12-5-4-8-19(12,10-23)17(24)25/h2-3,6-7,12H,4-5,8-10H2,1H3,(H,24,25)(H,21,22,26)/t12-,19+/m0/s1. The fourth-order valence-electron chi connectivity index (χ4n) is 4.32. The molecule has 2 N–H and O–H groups in total. The molecule has 0 unspecified atom stereocenters. The second-order valence-electron chi connectivity index (χ2n) is 7.33. The van der Waals surface area contributed by atoms with Gasteiger partial charge in [-0.15, -0.1) is 0 Å². The predicted octanol–water partition coefficient (Wildman–Crippen LogP) is 3.51. The Kier molecular flexibility index (Phi) is 4.13. The smallest absolute Gasteiger partial charge is 0.323 e. The zero-order chi connectivity index (χ0) is 19.2. The normalized spacial score (nSPS) is 24.1. The Labute approximate surface area is 155 Å². The number of carboxylic acids is 1. The van der Waals surface area contributed by atoms with Crippen LogP contribution < -0.4 is 5.32 Å². The molecule has 2 aromatic rings. The van der Waals surface area contributed by atoms with Crippen LogP contribution in [0.5, 0.6) is 0 Å². The Bertz CT molecular complexity index is 912. The number of nitrogens with one attached hydrogen (secondary N) is 1. The summed E-state index contributed by atoms with van der Waals surface area (Å²) in [4.78, 5) is 25.9. The van der Waals surface area contributed by atoms with E-state index in [1.54, 1.807) is 25.1 Å². The number of halogens is 1. The van der Waals surface area contributed by atoms with Crippen LogP contribution >= 0.6 is 0 Å². The van der Waals surface area contributed by atoms with Gasteiger partial charge in [-0.2, -0.15) is 0 Å². The topological polar surface area (TPSA) is 95.7 Å². The van der Waals surface area contributed by atoms with Crippen molar-refractivity contribution in [3.05, 3.63) is 35.6 Å². The van der Waals surface area contributed by atoms with Gasteiger partial charge in [0.1, 0.15) is 5.82 Å². The molecular weight excluding hydrogens is 353 g/mol. The number of hydrogen-bond donors (Lipinski definition) is 2.